The van der Waals surface area contributed by atoms with Crippen LogP contribution in [0, 0.1) is 0 Å². The molecule has 0 spiro atoms. The minimum atomic E-state index is -4.44. The standard InChI is InChI=1S/C13H10F3N3S2/c14-13(15,16)10-5-1-2-6-11(10)18-12(20)19-17-8-9-4-3-7-21-9/h1-8H,(H2,18,19,20)/b17-8-. The molecule has 0 bridgehead atoms. The second-order valence-corrected chi connectivity index (χ2v) is 5.27. The molecule has 0 unspecified atom stereocenters. The van der Waals surface area contributed by atoms with Gasteiger partial charge in [-0.1, -0.05) is 18.2 Å². The molecule has 1 aromatic carbocycles. The summed E-state index contributed by atoms with van der Waals surface area (Å²) in [6, 6.07) is 8.82. The SMILES string of the molecule is FC(F)(F)c1ccccc1NC(=S)N/N=C\c1cccs1. The van der Waals surface area contributed by atoms with E-state index in [2.05, 4.69) is 15.8 Å². The van der Waals surface area contributed by atoms with E-state index in [9.17, 15) is 13.2 Å². The Hall–Kier alpha value is -1.93. The Kier molecular flexibility index (Phi) is 4.92. The summed E-state index contributed by atoms with van der Waals surface area (Å²) < 4.78 is 38.4. The summed E-state index contributed by atoms with van der Waals surface area (Å²) in [5.41, 5.74) is 1.58. The van der Waals surface area contributed by atoms with Crippen molar-refractivity contribution in [2.75, 3.05) is 5.32 Å². The van der Waals surface area contributed by atoms with Crippen LogP contribution in [0.4, 0.5) is 18.9 Å². The van der Waals surface area contributed by atoms with Crippen LogP contribution in [0.2, 0.25) is 0 Å². The molecule has 0 saturated carbocycles. The number of hydrazone groups is 1. The number of halogens is 3. The molecule has 0 atom stereocenters. The normalized spacial score (nSPS) is 11.6. The Morgan fingerprint density at radius 1 is 1.19 bits per heavy atom. The lowest BCUT2D eigenvalue weighted by atomic mass is 10.2. The van der Waals surface area contributed by atoms with Gasteiger partial charge in [-0.05, 0) is 35.8 Å². The molecule has 1 aromatic heterocycles. The molecule has 3 nitrogen and oxygen atoms in total. The predicted molar refractivity (Wildman–Crippen MR) is 82.7 cm³/mol. The lowest BCUT2D eigenvalue weighted by Crippen LogP contribution is -2.25. The quantitative estimate of drug-likeness (QED) is 0.506. The number of para-hydroxylation sites is 1. The van der Waals surface area contributed by atoms with Crippen LogP contribution < -0.4 is 10.7 Å². The zero-order valence-electron chi connectivity index (χ0n) is 10.5. The number of nitrogens with zero attached hydrogens (tertiary/aromatic N) is 1. The average molecular weight is 329 g/mol. The van der Waals surface area contributed by atoms with Gasteiger partial charge in [0.15, 0.2) is 5.11 Å². The molecule has 0 aliphatic carbocycles. The summed E-state index contributed by atoms with van der Waals surface area (Å²) in [7, 11) is 0. The van der Waals surface area contributed by atoms with Crippen LogP contribution in [0.5, 0.6) is 0 Å². The topological polar surface area (TPSA) is 36.4 Å². The van der Waals surface area contributed by atoms with E-state index in [-0.39, 0.29) is 10.8 Å². The molecule has 0 radical (unpaired) electrons. The van der Waals surface area contributed by atoms with Crippen molar-refractivity contribution in [3.8, 4) is 0 Å². The molecule has 0 saturated heterocycles. The van der Waals surface area contributed by atoms with Crippen LogP contribution in [0.15, 0.2) is 46.9 Å². The van der Waals surface area contributed by atoms with E-state index in [1.807, 2.05) is 17.5 Å². The third kappa shape index (κ3) is 4.54. The van der Waals surface area contributed by atoms with Crippen molar-refractivity contribution in [1.82, 2.24) is 5.43 Å². The smallest absolute Gasteiger partial charge is 0.331 e. The van der Waals surface area contributed by atoms with Gasteiger partial charge in [-0.2, -0.15) is 18.3 Å². The molecule has 21 heavy (non-hydrogen) atoms. The second-order valence-electron chi connectivity index (χ2n) is 3.88. The summed E-state index contributed by atoms with van der Waals surface area (Å²) >= 11 is 6.40. The molecule has 0 fully saturated rings. The van der Waals surface area contributed by atoms with Crippen molar-refractivity contribution in [3.63, 3.8) is 0 Å². The van der Waals surface area contributed by atoms with Crippen LogP contribution >= 0.6 is 23.6 Å². The third-order valence-electron chi connectivity index (χ3n) is 2.38. The first-order valence-electron chi connectivity index (χ1n) is 5.76. The second kappa shape index (κ2) is 6.68. The molecule has 0 amide bonds. The van der Waals surface area contributed by atoms with Crippen LogP contribution in [0.3, 0.4) is 0 Å². The third-order valence-corrected chi connectivity index (χ3v) is 3.38. The monoisotopic (exact) mass is 329 g/mol. The number of hydrogen-bond acceptors (Lipinski definition) is 3. The van der Waals surface area contributed by atoms with Gasteiger partial charge in [-0.15, -0.1) is 11.3 Å². The number of benzene rings is 1. The summed E-state index contributed by atoms with van der Waals surface area (Å²) in [5.74, 6) is 0. The van der Waals surface area contributed by atoms with E-state index in [4.69, 9.17) is 12.2 Å². The van der Waals surface area contributed by atoms with Gasteiger partial charge >= 0.3 is 6.18 Å². The number of rotatable bonds is 3. The highest BCUT2D eigenvalue weighted by atomic mass is 32.1. The predicted octanol–water partition coefficient (Wildman–Crippen LogP) is 4.09. The first-order valence-corrected chi connectivity index (χ1v) is 7.05. The summed E-state index contributed by atoms with van der Waals surface area (Å²) in [6.45, 7) is 0. The Balaban J connectivity index is 2.00. The summed E-state index contributed by atoms with van der Waals surface area (Å²) in [6.07, 6.45) is -2.91. The molecule has 8 heteroatoms. The van der Waals surface area contributed by atoms with Gasteiger partial charge in [0, 0.05) is 4.88 Å². The first-order chi connectivity index (χ1) is 9.97. The van der Waals surface area contributed by atoms with E-state index in [0.717, 1.165) is 10.9 Å². The van der Waals surface area contributed by atoms with Crippen LogP contribution in [-0.4, -0.2) is 11.3 Å². The van der Waals surface area contributed by atoms with Gasteiger partial charge < -0.3 is 5.32 Å². The van der Waals surface area contributed by atoms with Crippen LogP contribution in [-0.2, 0) is 6.18 Å². The average Bonchev–Trinajstić information content (AvgIpc) is 2.91. The zero-order valence-corrected chi connectivity index (χ0v) is 12.1. The number of nitrogens with one attached hydrogen (secondary N) is 2. The Morgan fingerprint density at radius 3 is 2.62 bits per heavy atom. The number of alkyl halides is 3. The van der Waals surface area contributed by atoms with Gasteiger partial charge in [-0.3, -0.25) is 5.43 Å². The fourth-order valence-electron chi connectivity index (χ4n) is 1.51. The fourth-order valence-corrected chi connectivity index (χ4v) is 2.26. The minimum absolute atomic E-state index is 0.0143. The lowest BCUT2D eigenvalue weighted by molar-refractivity contribution is -0.136. The fraction of sp³-hybridized carbons (Fsp3) is 0.0769. The van der Waals surface area contributed by atoms with Crippen molar-refractivity contribution in [3.05, 3.63) is 52.2 Å². The van der Waals surface area contributed by atoms with Crippen molar-refractivity contribution < 1.29 is 13.2 Å². The summed E-state index contributed by atoms with van der Waals surface area (Å²) in [5, 5.41) is 8.21. The highest BCUT2D eigenvalue weighted by Gasteiger charge is 2.33. The van der Waals surface area contributed by atoms with Crippen LogP contribution in [0.1, 0.15) is 10.4 Å². The van der Waals surface area contributed by atoms with Crippen molar-refractivity contribution in [1.29, 1.82) is 0 Å². The molecular weight excluding hydrogens is 319 g/mol. The molecule has 0 aliphatic rings. The van der Waals surface area contributed by atoms with Gasteiger partial charge in [-0.25, -0.2) is 0 Å². The number of anilines is 1. The van der Waals surface area contributed by atoms with Crippen molar-refractivity contribution in [2.45, 2.75) is 6.18 Å². The van der Waals surface area contributed by atoms with Crippen molar-refractivity contribution >= 4 is 40.6 Å². The van der Waals surface area contributed by atoms with Crippen LogP contribution in [0.25, 0.3) is 0 Å². The van der Waals surface area contributed by atoms with Gasteiger partial charge in [0.1, 0.15) is 0 Å². The Labute approximate surface area is 128 Å². The number of thiocarbonyl (C=S) groups is 1. The molecule has 1 heterocycles. The lowest BCUT2D eigenvalue weighted by Gasteiger charge is -2.14. The molecule has 2 N–H and O–H groups in total. The van der Waals surface area contributed by atoms with E-state index >= 15 is 0 Å². The number of thiophene rings is 1. The van der Waals surface area contributed by atoms with Gasteiger partial charge in [0.25, 0.3) is 0 Å². The van der Waals surface area contributed by atoms with Crippen molar-refractivity contribution in [2.24, 2.45) is 5.10 Å². The Morgan fingerprint density at radius 2 is 1.95 bits per heavy atom. The molecule has 2 rings (SSSR count). The first kappa shape index (κ1) is 15.5. The molecular formula is C13H10F3N3S2. The maximum atomic E-state index is 12.8. The highest BCUT2D eigenvalue weighted by Crippen LogP contribution is 2.34. The maximum absolute atomic E-state index is 12.8. The van der Waals surface area contributed by atoms with E-state index in [1.165, 1.54) is 35.8 Å². The maximum Gasteiger partial charge on any atom is 0.418 e. The summed E-state index contributed by atoms with van der Waals surface area (Å²) in [4.78, 5) is 0.904. The van der Waals surface area contributed by atoms with Gasteiger partial charge in [0.2, 0.25) is 0 Å². The molecule has 2 aromatic rings. The Bertz CT molecular complexity index is 636. The highest BCUT2D eigenvalue weighted by molar-refractivity contribution is 7.80. The number of hydrogen-bond donors (Lipinski definition) is 2. The molecule has 0 aliphatic heterocycles. The zero-order chi connectivity index (χ0) is 15.3. The van der Waals surface area contributed by atoms with E-state index in [0.29, 0.717) is 0 Å². The largest absolute Gasteiger partial charge is 0.418 e. The minimum Gasteiger partial charge on any atom is -0.331 e. The molecule has 110 valence electrons. The van der Waals surface area contributed by atoms with E-state index < -0.39 is 11.7 Å². The van der Waals surface area contributed by atoms with Gasteiger partial charge in [0.05, 0.1) is 17.5 Å². The van der Waals surface area contributed by atoms with E-state index in [1.54, 1.807) is 0 Å².